The van der Waals surface area contributed by atoms with Gasteiger partial charge in [-0.2, -0.15) is 11.8 Å². The van der Waals surface area contributed by atoms with Gasteiger partial charge < -0.3 is 10.4 Å². The Hall–Kier alpha value is -0.710. The van der Waals surface area contributed by atoms with Gasteiger partial charge in [0.25, 0.3) is 0 Å². The van der Waals surface area contributed by atoms with Gasteiger partial charge in [-0.25, -0.2) is 0 Å². The second kappa shape index (κ2) is 11.0. The van der Waals surface area contributed by atoms with Crippen LogP contribution in [-0.4, -0.2) is 34.5 Å². The maximum Gasteiger partial charge on any atom is 0.303 e. The van der Waals surface area contributed by atoms with Crippen LogP contribution in [0.25, 0.3) is 0 Å². The summed E-state index contributed by atoms with van der Waals surface area (Å²) in [6, 6.07) is 0. The molecule has 1 heterocycles. The van der Waals surface area contributed by atoms with Crippen molar-refractivity contribution in [2.75, 3.05) is 12.3 Å². The summed E-state index contributed by atoms with van der Waals surface area (Å²) in [6.07, 6.45) is 9.41. The quantitative estimate of drug-likeness (QED) is 0.575. The Bertz CT molecular complexity index is 291. The van der Waals surface area contributed by atoms with Crippen molar-refractivity contribution in [2.24, 2.45) is 0 Å². The molecular formula is C15H27NO3S. The van der Waals surface area contributed by atoms with Gasteiger partial charge in [0.2, 0.25) is 5.91 Å². The number of aliphatic carboxylic acids is 1. The fourth-order valence-electron chi connectivity index (χ4n) is 2.42. The average molecular weight is 301 g/mol. The molecule has 1 rings (SSSR count). The van der Waals surface area contributed by atoms with Crippen molar-refractivity contribution in [1.29, 1.82) is 0 Å². The Morgan fingerprint density at radius 2 is 1.90 bits per heavy atom. The molecule has 0 aromatic heterocycles. The molecule has 1 atom stereocenters. The first-order valence-electron chi connectivity index (χ1n) is 7.78. The largest absolute Gasteiger partial charge is 0.481 e. The van der Waals surface area contributed by atoms with Crippen LogP contribution in [0.3, 0.4) is 0 Å². The number of carbonyl (C=O) groups excluding carboxylic acids is 1. The van der Waals surface area contributed by atoms with Crippen LogP contribution in [0.1, 0.15) is 64.2 Å². The Kier molecular flexibility index (Phi) is 9.54. The van der Waals surface area contributed by atoms with Crippen molar-refractivity contribution in [3.05, 3.63) is 0 Å². The lowest BCUT2D eigenvalue weighted by Gasteiger charge is -2.08. The molecule has 0 bridgehead atoms. The Morgan fingerprint density at radius 1 is 1.10 bits per heavy atom. The molecule has 4 nitrogen and oxygen atoms in total. The second-order valence-electron chi connectivity index (χ2n) is 5.44. The second-order valence-corrected chi connectivity index (χ2v) is 6.84. The number of hydrogen-bond acceptors (Lipinski definition) is 3. The third kappa shape index (κ3) is 9.23. The van der Waals surface area contributed by atoms with Crippen molar-refractivity contribution in [2.45, 2.75) is 69.5 Å². The highest BCUT2D eigenvalue weighted by atomic mass is 32.2. The summed E-state index contributed by atoms with van der Waals surface area (Å²) in [5.41, 5.74) is 0. The summed E-state index contributed by atoms with van der Waals surface area (Å²) in [5.74, 6) is 0.712. The summed E-state index contributed by atoms with van der Waals surface area (Å²) in [5, 5.41) is 12.2. The first-order chi connectivity index (χ1) is 9.68. The minimum Gasteiger partial charge on any atom is -0.481 e. The van der Waals surface area contributed by atoms with Crippen LogP contribution >= 0.6 is 11.8 Å². The van der Waals surface area contributed by atoms with Gasteiger partial charge in [0.15, 0.2) is 0 Å². The smallest absolute Gasteiger partial charge is 0.303 e. The van der Waals surface area contributed by atoms with E-state index < -0.39 is 5.97 Å². The molecule has 1 aliphatic rings. The number of rotatable bonds is 11. The molecule has 0 aliphatic carbocycles. The van der Waals surface area contributed by atoms with Gasteiger partial charge in [0.1, 0.15) is 0 Å². The summed E-state index contributed by atoms with van der Waals surface area (Å²) in [6.45, 7) is 0.678. The third-order valence-corrected chi connectivity index (χ3v) is 5.06. The van der Waals surface area contributed by atoms with Gasteiger partial charge >= 0.3 is 5.97 Å². The van der Waals surface area contributed by atoms with Gasteiger partial charge in [0, 0.05) is 24.6 Å². The number of carboxylic acids is 1. The predicted octanol–water partition coefficient (Wildman–Crippen LogP) is 3.20. The number of carboxylic acid groups (broad SMARTS) is 1. The first-order valence-corrected chi connectivity index (χ1v) is 8.83. The lowest BCUT2D eigenvalue weighted by atomic mass is 10.1. The predicted molar refractivity (Wildman–Crippen MR) is 83.1 cm³/mol. The van der Waals surface area contributed by atoms with Crippen LogP contribution in [0.5, 0.6) is 0 Å². The lowest BCUT2D eigenvalue weighted by molar-refractivity contribution is -0.137. The molecule has 0 spiro atoms. The highest BCUT2D eigenvalue weighted by Gasteiger charge is 2.14. The molecule has 1 unspecified atom stereocenters. The van der Waals surface area contributed by atoms with Crippen LogP contribution in [0.4, 0.5) is 0 Å². The molecule has 0 saturated carbocycles. The van der Waals surface area contributed by atoms with E-state index in [-0.39, 0.29) is 12.3 Å². The number of nitrogens with one attached hydrogen (secondary N) is 1. The van der Waals surface area contributed by atoms with Crippen molar-refractivity contribution >= 4 is 23.6 Å². The molecule has 2 N–H and O–H groups in total. The standard InChI is InChI=1S/C15H27NO3S/c17-14(16-11-5-1-2-10-15(18)19)9-4-3-7-13-8-6-12-20-13/h13H,1-12H2,(H,16,17)(H,18,19). The number of unbranched alkanes of at least 4 members (excludes halogenated alkanes) is 3. The highest BCUT2D eigenvalue weighted by Crippen LogP contribution is 2.29. The van der Waals surface area contributed by atoms with E-state index in [0.717, 1.165) is 30.9 Å². The molecule has 1 saturated heterocycles. The Labute approximate surface area is 126 Å². The third-order valence-electron chi connectivity index (χ3n) is 3.59. The van der Waals surface area contributed by atoms with Crippen molar-refractivity contribution in [3.8, 4) is 0 Å². The molecule has 1 fully saturated rings. The zero-order valence-electron chi connectivity index (χ0n) is 12.2. The molecule has 1 amide bonds. The SMILES string of the molecule is O=C(O)CCCCCNC(=O)CCCCC1CCCS1. The molecule has 116 valence electrons. The average Bonchev–Trinajstić information content (AvgIpc) is 2.91. The maximum absolute atomic E-state index is 11.6. The highest BCUT2D eigenvalue weighted by molar-refractivity contribution is 8.00. The summed E-state index contributed by atoms with van der Waals surface area (Å²) in [4.78, 5) is 21.9. The Balaban J connectivity index is 1.83. The molecule has 0 aromatic carbocycles. The molecule has 1 aliphatic heterocycles. The summed E-state index contributed by atoms with van der Waals surface area (Å²) < 4.78 is 0. The number of carbonyl (C=O) groups is 2. The van der Waals surface area contributed by atoms with Gasteiger partial charge in [-0.1, -0.05) is 12.8 Å². The van der Waals surface area contributed by atoms with Gasteiger partial charge in [-0.15, -0.1) is 0 Å². The topological polar surface area (TPSA) is 66.4 Å². The van der Waals surface area contributed by atoms with Gasteiger partial charge in [0.05, 0.1) is 0 Å². The van der Waals surface area contributed by atoms with Crippen LogP contribution in [0, 0.1) is 0 Å². The van der Waals surface area contributed by atoms with Gasteiger partial charge in [-0.05, 0) is 44.3 Å². The molecular weight excluding hydrogens is 274 g/mol. The molecule has 0 radical (unpaired) electrons. The van der Waals surface area contributed by atoms with Crippen LogP contribution < -0.4 is 5.32 Å². The summed E-state index contributed by atoms with van der Waals surface area (Å²) >= 11 is 2.08. The van der Waals surface area contributed by atoms with E-state index in [1.165, 1.54) is 25.0 Å². The van der Waals surface area contributed by atoms with Crippen molar-refractivity contribution in [1.82, 2.24) is 5.32 Å². The van der Waals surface area contributed by atoms with Crippen LogP contribution in [0.15, 0.2) is 0 Å². The van der Waals surface area contributed by atoms with E-state index >= 15 is 0 Å². The number of hydrogen-bond donors (Lipinski definition) is 2. The van der Waals surface area contributed by atoms with E-state index in [4.69, 9.17) is 5.11 Å². The van der Waals surface area contributed by atoms with Gasteiger partial charge in [-0.3, -0.25) is 9.59 Å². The van der Waals surface area contributed by atoms with E-state index in [0.29, 0.717) is 19.4 Å². The van der Waals surface area contributed by atoms with Crippen molar-refractivity contribution in [3.63, 3.8) is 0 Å². The van der Waals surface area contributed by atoms with Crippen molar-refractivity contribution < 1.29 is 14.7 Å². The van der Waals surface area contributed by atoms with Crippen LogP contribution in [0.2, 0.25) is 0 Å². The monoisotopic (exact) mass is 301 g/mol. The number of amides is 1. The zero-order chi connectivity index (χ0) is 14.6. The van der Waals surface area contributed by atoms with Crippen LogP contribution in [-0.2, 0) is 9.59 Å². The molecule has 5 heteroatoms. The van der Waals surface area contributed by atoms with E-state index in [1.807, 2.05) is 0 Å². The Morgan fingerprint density at radius 3 is 2.60 bits per heavy atom. The molecule has 0 aromatic rings. The normalized spacial score (nSPS) is 18.1. The minimum atomic E-state index is -0.741. The van der Waals surface area contributed by atoms with E-state index in [9.17, 15) is 9.59 Å². The minimum absolute atomic E-state index is 0.141. The zero-order valence-corrected chi connectivity index (χ0v) is 13.1. The fraction of sp³-hybridized carbons (Fsp3) is 0.867. The maximum atomic E-state index is 11.6. The lowest BCUT2D eigenvalue weighted by Crippen LogP contribution is -2.24. The summed E-state index contributed by atoms with van der Waals surface area (Å²) in [7, 11) is 0. The molecule has 20 heavy (non-hydrogen) atoms. The van der Waals surface area contributed by atoms with E-state index in [2.05, 4.69) is 17.1 Å². The fourth-order valence-corrected chi connectivity index (χ4v) is 3.76. The number of thioether (sulfide) groups is 1. The first kappa shape index (κ1) is 17.3. The van der Waals surface area contributed by atoms with E-state index in [1.54, 1.807) is 0 Å².